The lowest BCUT2D eigenvalue weighted by Crippen LogP contribution is -2.34. The van der Waals surface area contributed by atoms with Crippen molar-refractivity contribution in [3.8, 4) is 0 Å². The monoisotopic (exact) mass is 279 g/mol. The van der Waals surface area contributed by atoms with Crippen LogP contribution in [0.4, 0.5) is 0 Å². The van der Waals surface area contributed by atoms with E-state index in [-0.39, 0.29) is 5.78 Å². The van der Waals surface area contributed by atoms with Gasteiger partial charge in [0.05, 0.1) is 5.02 Å². The van der Waals surface area contributed by atoms with Gasteiger partial charge in [-0.15, -0.1) is 0 Å². The Bertz CT molecular complexity index is 427. The smallest absolute Gasteiger partial charge is 0.165 e. The first-order valence-electron chi connectivity index (χ1n) is 7.24. The van der Waals surface area contributed by atoms with Crippen LogP contribution in [0.5, 0.6) is 0 Å². The van der Waals surface area contributed by atoms with Gasteiger partial charge < -0.3 is 4.90 Å². The van der Waals surface area contributed by atoms with Gasteiger partial charge in [-0.1, -0.05) is 43.5 Å². The second-order valence-electron chi connectivity index (χ2n) is 5.22. The van der Waals surface area contributed by atoms with Crippen molar-refractivity contribution in [3.05, 3.63) is 34.9 Å². The quantitative estimate of drug-likeness (QED) is 0.728. The second kappa shape index (κ2) is 7.06. The van der Waals surface area contributed by atoms with Crippen LogP contribution in [-0.4, -0.2) is 29.8 Å². The van der Waals surface area contributed by atoms with Crippen molar-refractivity contribution in [2.75, 3.05) is 13.1 Å². The number of rotatable bonds is 6. The maximum atomic E-state index is 12.2. The van der Waals surface area contributed by atoms with Gasteiger partial charge in [0.1, 0.15) is 0 Å². The van der Waals surface area contributed by atoms with E-state index in [1.165, 1.54) is 25.7 Å². The number of Topliss-reactive ketones (excluding diaryl/α,β-unsaturated/α-hetero) is 1. The number of carbonyl (C=O) groups is 1. The van der Waals surface area contributed by atoms with Gasteiger partial charge in [-0.3, -0.25) is 4.79 Å². The number of carbonyl (C=O) groups excluding carboxylic acids is 1. The highest BCUT2D eigenvalue weighted by Crippen LogP contribution is 2.24. The summed E-state index contributed by atoms with van der Waals surface area (Å²) in [4.78, 5) is 14.6. The van der Waals surface area contributed by atoms with Gasteiger partial charge in [-0.05, 0) is 31.5 Å². The number of halogens is 1. The summed E-state index contributed by atoms with van der Waals surface area (Å²) in [7, 11) is 0. The average molecular weight is 280 g/mol. The van der Waals surface area contributed by atoms with Crippen molar-refractivity contribution < 1.29 is 4.79 Å². The zero-order chi connectivity index (χ0) is 13.7. The van der Waals surface area contributed by atoms with Gasteiger partial charge in [0.25, 0.3) is 0 Å². The first-order chi connectivity index (χ1) is 9.22. The summed E-state index contributed by atoms with van der Waals surface area (Å²) >= 11 is 6.06. The molecule has 1 saturated carbocycles. The highest BCUT2D eigenvalue weighted by molar-refractivity contribution is 6.33. The molecule has 0 spiro atoms. The van der Waals surface area contributed by atoms with Crippen molar-refractivity contribution in [3.63, 3.8) is 0 Å². The van der Waals surface area contributed by atoms with Crippen LogP contribution in [0.3, 0.4) is 0 Å². The zero-order valence-electron chi connectivity index (χ0n) is 11.6. The number of ketones is 1. The first-order valence-corrected chi connectivity index (χ1v) is 7.62. The Hall–Kier alpha value is -0.860. The van der Waals surface area contributed by atoms with E-state index in [4.69, 9.17) is 11.6 Å². The zero-order valence-corrected chi connectivity index (χ0v) is 12.3. The minimum absolute atomic E-state index is 0.155. The maximum absolute atomic E-state index is 12.2. The van der Waals surface area contributed by atoms with Crippen LogP contribution >= 0.6 is 11.6 Å². The normalized spacial score (nSPS) is 16.2. The van der Waals surface area contributed by atoms with Crippen LogP contribution in [0.1, 0.15) is 49.4 Å². The average Bonchev–Trinajstić information content (AvgIpc) is 2.94. The summed E-state index contributed by atoms with van der Waals surface area (Å²) in [5.74, 6) is 0.155. The lowest BCUT2D eigenvalue weighted by atomic mass is 10.1. The highest BCUT2D eigenvalue weighted by Gasteiger charge is 2.22. The van der Waals surface area contributed by atoms with Crippen molar-refractivity contribution >= 4 is 17.4 Å². The summed E-state index contributed by atoms with van der Waals surface area (Å²) in [5.41, 5.74) is 0.659. The van der Waals surface area contributed by atoms with Crippen LogP contribution in [-0.2, 0) is 0 Å². The largest absolute Gasteiger partial charge is 0.300 e. The van der Waals surface area contributed by atoms with E-state index in [1.54, 1.807) is 6.07 Å². The lowest BCUT2D eigenvalue weighted by molar-refractivity contribution is 0.0953. The molecule has 1 aromatic carbocycles. The summed E-state index contributed by atoms with van der Waals surface area (Å²) in [6, 6.07) is 8.01. The van der Waals surface area contributed by atoms with E-state index in [9.17, 15) is 4.79 Å². The van der Waals surface area contributed by atoms with Crippen molar-refractivity contribution in [1.29, 1.82) is 0 Å². The summed E-state index contributed by atoms with van der Waals surface area (Å²) < 4.78 is 0. The van der Waals surface area contributed by atoms with E-state index in [0.717, 1.165) is 13.1 Å². The van der Waals surface area contributed by atoms with Crippen LogP contribution in [0.15, 0.2) is 24.3 Å². The molecule has 0 aliphatic heterocycles. The Morgan fingerprint density at radius 2 is 2.00 bits per heavy atom. The molecule has 1 aromatic rings. The van der Waals surface area contributed by atoms with E-state index >= 15 is 0 Å². The van der Waals surface area contributed by atoms with Crippen LogP contribution in [0.2, 0.25) is 5.02 Å². The highest BCUT2D eigenvalue weighted by atomic mass is 35.5. The number of nitrogens with zero attached hydrogens (tertiary/aromatic N) is 1. The molecule has 0 radical (unpaired) electrons. The van der Waals surface area contributed by atoms with Gasteiger partial charge in [0.2, 0.25) is 0 Å². The maximum Gasteiger partial charge on any atom is 0.165 e. The van der Waals surface area contributed by atoms with Gasteiger partial charge >= 0.3 is 0 Å². The molecule has 1 aliphatic rings. The fourth-order valence-electron chi connectivity index (χ4n) is 2.94. The van der Waals surface area contributed by atoms with Crippen LogP contribution in [0, 0.1) is 0 Å². The van der Waals surface area contributed by atoms with Gasteiger partial charge in [-0.2, -0.15) is 0 Å². The Balaban J connectivity index is 1.90. The van der Waals surface area contributed by atoms with E-state index < -0.39 is 0 Å². The first kappa shape index (κ1) is 14.5. The lowest BCUT2D eigenvalue weighted by Gasteiger charge is -2.27. The molecule has 0 saturated heterocycles. The molecule has 1 fully saturated rings. The standard InChI is InChI=1S/C16H22ClNO/c1-2-18(13-7-3-4-8-13)12-11-16(19)14-9-5-6-10-15(14)17/h5-6,9-10,13H,2-4,7-8,11-12H2,1H3. The molecule has 104 valence electrons. The molecule has 1 aliphatic carbocycles. The molecule has 3 heteroatoms. The fraction of sp³-hybridized carbons (Fsp3) is 0.562. The fourth-order valence-corrected chi connectivity index (χ4v) is 3.18. The molecule has 2 nitrogen and oxygen atoms in total. The predicted octanol–water partition coefficient (Wildman–Crippen LogP) is 4.18. The molecule has 0 amide bonds. The van der Waals surface area contributed by atoms with Crippen molar-refractivity contribution in [2.24, 2.45) is 0 Å². The molecule has 0 unspecified atom stereocenters. The van der Waals surface area contributed by atoms with Gasteiger partial charge in [0.15, 0.2) is 5.78 Å². The SMILES string of the molecule is CCN(CCC(=O)c1ccccc1Cl)C1CCCC1. The van der Waals surface area contributed by atoms with Gasteiger partial charge in [-0.25, -0.2) is 0 Å². The Morgan fingerprint density at radius 1 is 1.32 bits per heavy atom. The minimum atomic E-state index is 0.155. The third kappa shape index (κ3) is 3.80. The van der Waals surface area contributed by atoms with Crippen molar-refractivity contribution in [2.45, 2.75) is 45.1 Å². The second-order valence-corrected chi connectivity index (χ2v) is 5.63. The molecular weight excluding hydrogens is 258 g/mol. The summed E-state index contributed by atoms with van der Waals surface area (Å²) in [6.45, 7) is 4.06. The van der Waals surface area contributed by atoms with E-state index in [2.05, 4.69) is 11.8 Å². The van der Waals surface area contributed by atoms with E-state index in [0.29, 0.717) is 23.0 Å². The molecule has 0 N–H and O–H groups in total. The topological polar surface area (TPSA) is 20.3 Å². The van der Waals surface area contributed by atoms with Crippen LogP contribution < -0.4 is 0 Å². The predicted molar refractivity (Wildman–Crippen MR) is 79.9 cm³/mol. The number of benzene rings is 1. The number of hydrogen-bond donors (Lipinski definition) is 0. The third-order valence-corrected chi connectivity index (χ3v) is 4.38. The Kier molecular flexibility index (Phi) is 5.41. The van der Waals surface area contributed by atoms with Crippen molar-refractivity contribution in [1.82, 2.24) is 4.90 Å². The molecular formula is C16H22ClNO. The molecule has 0 aromatic heterocycles. The molecule has 2 rings (SSSR count). The van der Waals surface area contributed by atoms with E-state index in [1.807, 2.05) is 18.2 Å². The number of hydrogen-bond acceptors (Lipinski definition) is 2. The molecule has 0 bridgehead atoms. The molecule has 0 heterocycles. The summed E-state index contributed by atoms with van der Waals surface area (Å²) in [5, 5.41) is 0.566. The third-order valence-electron chi connectivity index (χ3n) is 4.05. The Labute approximate surface area is 120 Å². The van der Waals surface area contributed by atoms with Crippen LogP contribution in [0.25, 0.3) is 0 Å². The molecule has 19 heavy (non-hydrogen) atoms. The Morgan fingerprint density at radius 3 is 2.63 bits per heavy atom. The van der Waals surface area contributed by atoms with Gasteiger partial charge in [0, 0.05) is 24.6 Å². The summed E-state index contributed by atoms with van der Waals surface area (Å²) in [6.07, 6.45) is 5.80. The minimum Gasteiger partial charge on any atom is -0.300 e. The molecule has 0 atom stereocenters.